The van der Waals surface area contributed by atoms with Gasteiger partial charge < -0.3 is 10.4 Å². The SMILES string of the molecule is CCCN(CC1CCNCC1)C(C)C(C)O. The molecule has 0 aromatic carbocycles. The van der Waals surface area contributed by atoms with Gasteiger partial charge in [0.25, 0.3) is 0 Å². The van der Waals surface area contributed by atoms with Crippen LogP contribution in [0.3, 0.4) is 0 Å². The molecule has 0 aromatic rings. The number of hydrogen-bond acceptors (Lipinski definition) is 3. The molecular formula is C13H28N2O. The van der Waals surface area contributed by atoms with E-state index >= 15 is 0 Å². The summed E-state index contributed by atoms with van der Waals surface area (Å²) in [6.45, 7) is 10.8. The first kappa shape index (κ1) is 13.9. The zero-order valence-corrected chi connectivity index (χ0v) is 11.1. The second kappa shape index (κ2) is 7.25. The third kappa shape index (κ3) is 4.40. The van der Waals surface area contributed by atoms with Gasteiger partial charge in [0.05, 0.1) is 6.10 Å². The standard InChI is InChI=1S/C13H28N2O/c1-4-9-15(11(2)12(3)16)10-13-5-7-14-8-6-13/h11-14,16H,4-10H2,1-3H3. The van der Waals surface area contributed by atoms with Crippen molar-refractivity contribution in [3.8, 4) is 0 Å². The van der Waals surface area contributed by atoms with Crippen molar-refractivity contribution in [1.29, 1.82) is 0 Å². The zero-order chi connectivity index (χ0) is 12.0. The molecule has 1 rings (SSSR count). The topological polar surface area (TPSA) is 35.5 Å². The van der Waals surface area contributed by atoms with Gasteiger partial charge in [-0.15, -0.1) is 0 Å². The Kier molecular flexibility index (Phi) is 6.32. The van der Waals surface area contributed by atoms with Crippen LogP contribution in [0.1, 0.15) is 40.0 Å². The van der Waals surface area contributed by atoms with Gasteiger partial charge >= 0.3 is 0 Å². The van der Waals surface area contributed by atoms with E-state index in [2.05, 4.69) is 24.1 Å². The summed E-state index contributed by atoms with van der Waals surface area (Å²) < 4.78 is 0. The lowest BCUT2D eigenvalue weighted by molar-refractivity contribution is 0.0569. The van der Waals surface area contributed by atoms with Crippen LogP contribution in [0, 0.1) is 5.92 Å². The molecule has 1 aliphatic heterocycles. The normalized spacial score (nSPS) is 22.3. The molecular weight excluding hydrogens is 200 g/mol. The average molecular weight is 228 g/mol. The lowest BCUT2D eigenvalue weighted by atomic mass is 9.96. The van der Waals surface area contributed by atoms with Crippen molar-refractivity contribution in [3.63, 3.8) is 0 Å². The minimum Gasteiger partial charge on any atom is -0.392 e. The molecule has 2 unspecified atom stereocenters. The number of nitrogens with one attached hydrogen (secondary N) is 1. The molecule has 0 radical (unpaired) electrons. The smallest absolute Gasteiger partial charge is 0.0664 e. The molecule has 96 valence electrons. The van der Waals surface area contributed by atoms with Crippen LogP contribution in [0.5, 0.6) is 0 Å². The van der Waals surface area contributed by atoms with Crippen LogP contribution in [-0.2, 0) is 0 Å². The third-order valence-corrected chi connectivity index (χ3v) is 3.74. The maximum Gasteiger partial charge on any atom is 0.0664 e. The van der Waals surface area contributed by atoms with E-state index in [0.717, 1.165) is 32.1 Å². The van der Waals surface area contributed by atoms with Crippen LogP contribution in [0.4, 0.5) is 0 Å². The summed E-state index contributed by atoms with van der Waals surface area (Å²) >= 11 is 0. The molecule has 2 N–H and O–H groups in total. The fourth-order valence-electron chi connectivity index (χ4n) is 2.45. The van der Waals surface area contributed by atoms with Crippen molar-refractivity contribution in [2.45, 2.75) is 52.2 Å². The van der Waals surface area contributed by atoms with Gasteiger partial charge in [-0.1, -0.05) is 6.92 Å². The summed E-state index contributed by atoms with van der Waals surface area (Å²) in [4.78, 5) is 2.46. The highest BCUT2D eigenvalue weighted by atomic mass is 16.3. The van der Waals surface area contributed by atoms with Crippen LogP contribution in [0.2, 0.25) is 0 Å². The van der Waals surface area contributed by atoms with Crippen molar-refractivity contribution >= 4 is 0 Å². The van der Waals surface area contributed by atoms with Crippen LogP contribution >= 0.6 is 0 Å². The highest BCUT2D eigenvalue weighted by Crippen LogP contribution is 2.16. The van der Waals surface area contributed by atoms with Crippen LogP contribution in [0.15, 0.2) is 0 Å². The van der Waals surface area contributed by atoms with Crippen molar-refractivity contribution in [2.24, 2.45) is 5.92 Å². The monoisotopic (exact) mass is 228 g/mol. The first-order valence-electron chi connectivity index (χ1n) is 6.78. The van der Waals surface area contributed by atoms with E-state index in [1.165, 1.54) is 19.3 Å². The molecule has 16 heavy (non-hydrogen) atoms. The summed E-state index contributed by atoms with van der Waals surface area (Å²) in [5, 5.41) is 13.1. The molecule has 3 nitrogen and oxygen atoms in total. The van der Waals surface area contributed by atoms with Crippen molar-refractivity contribution < 1.29 is 5.11 Å². The Morgan fingerprint density at radius 2 is 1.94 bits per heavy atom. The Labute approximate surface area is 100 Å². The van der Waals surface area contributed by atoms with E-state index in [1.807, 2.05) is 6.92 Å². The van der Waals surface area contributed by atoms with Gasteiger partial charge in [0.2, 0.25) is 0 Å². The fourth-order valence-corrected chi connectivity index (χ4v) is 2.45. The van der Waals surface area contributed by atoms with Crippen LogP contribution < -0.4 is 5.32 Å². The van der Waals surface area contributed by atoms with Gasteiger partial charge in [-0.05, 0) is 58.7 Å². The number of hydrogen-bond donors (Lipinski definition) is 2. The molecule has 0 aliphatic carbocycles. The van der Waals surface area contributed by atoms with E-state index in [-0.39, 0.29) is 12.1 Å². The molecule has 0 amide bonds. The van der Waals surface area contributed by atoms with Crippen LogP contribution in [-0.4, -0.2) is 48.3 Å². The molecule has 1 saturated heterocycles. The third-order valence-electron chi connectivity index (χ3n) is 3.74. The Bertz CT molecular complexity index is 179. The van der Waals surface area contributed by atoms with E-state index in [4.69, 9.17) is 0 Å². The number of aliphatic hydroxyl groups is 1. The number of piperidine rings is 1. The highest BCUT2D eigenvalue weighted by Gasteiger charge is 2.22. The zero-order valence-electron chi connectivity index (χ0n) is 11.1. The Hall–Kier alpha value is -0.120. The van der Waals surface area contributed by atoms with E-state index < -0.39 is 0 Å². The predicted octanol–water partition coefficient (Wildman–Crippen LogP) is 1.47. The summed E-state index contributed by atoms with van der Waals surface area (Å²) in [5.74, 6) is 0.814. The molecule has 0 spiro atoms. The first-order chi connectivity index (χ1) is 7.65. The van der Waals surface area contributed by atoms with E-state index in [0.29, 0.717) is 0 Å². The van der Waals surface area contributed by atoms with Gasteiger partial charge in [-0.25, -0.2) is 0 Å². The Morgan fingerprint density at radius 3 is 2.44 bits per heavy atom. The van der Waals surface area contributed by atoms with Gasteiger partial charge in [-0.2, -0.15) is 0 Å². The van der Waals surface area contributed by atoms with Gasteiger partial charge in [0.1, 0.15) is 0 Å². The number of rotatable bonds is 6. The fraction of sp³-hybridized carbons (Fsp3) is 1.00. The molecule has 1 aliphatic rings. The lowest BCUT2D eigenvalue weighted by Crippen LogP contribution is -2.45. The maximum atomic E-state index is 9.69. The van der Waals surface area contributed by atoms with Crippen molar-refractivity contribution in [2.75, 3.05) is 26.2 Å². The van der Waals surface area contributed by atoms with Gasteiger partial charge in [0, 0.05) is 12.6 Å². The van der Waals surface area contributed by atoms with Gasteiger partial charge in [0.15, 0.2) is 0 Å². The number of nitrogens with zero attached hydrogens (tertiary/aromatic N) is 1. The summed E-state index contributed by atoms with van der Waals surface area (Å²) in [6, 6.07) is 0.287. The molecule has 0 bridgehead atoms. The largest absolute Gasteiger partial charge is 0.392 e. The predicted molar refractivity (Wildman–Crippen MR) is 68.6 cm³/mol. The minimum atomic E-state index is -0.228. The van der Waals surface area contributed by atoms with Gasteiger partial charge in [-0.3, -0.25) is 4.90 Å². The second-order valence-corrected chi connectivity index (χ2v) is 5.17. The molecule has 0 aromatic heterocycles. The lowest BCUT2D eigenvalue weighted by Gasteiger charge is -2.35. The molecule has 1 fully saturated rings. The summed E-state index contributed by atoms with van der Waals surface area (Å²) in [5.41, 5.74) is 0. The molecule has 1 heterocycles. The Balaban J connectivity index is 2.42. The van der Waals surface area contributed by atoms with E-state index in [9.17, 15) is 5.11 Å². The highest BCUT2D eigenvalue weighted by molar-refractivity contribution is 4.77. The maximum absolute atomic E-state index is 9.69. The average Bonchev–Trinajstić information content (AvgIpc) is 2.29. The molecule has 2 atom stereocenters. The first-order valence-corrected chi connectivity index (χ1v) is 6.78. The van der Waals surface area contributed by atoms with Crippen molar-refractivity contribution in [1.82, 2.24) is 10.2 Å². The van der Waals surface area contributed by atoms with Crippen molar-refractivity contribution in [3.05, 3.63) is 0 Å². The summed E-state index contributed by atoms with van der Waals surface area (Å²) in [7, 11) is 0. The minimum absolute atomic E-state index is 0.228. The summed E-state index contributed by atoms with van der Waals surface area (Å²) in [6.07, 6.45) is 3.51. The molecule has 0 saturated carbocycles. The van der Waals surface area contributed by atoms with E-state index in [1.54, 1.807) is 0 Å². The number of aliphatic hydroxyl groups excluding tert-OH is 1. The molecule has 3 heteroatoms. The Morgan fingerprint density at radius 1 is 1.31 bits per heavy atom. The quantitative estimate of drug-likeness (QED) is 0.722. The van der Waals surface area contributed by atoms with Crippen LogP contribution in [0.25, 0.3) is 0 Å². The second-order valence-electron chi connectivity index (χ2n) is 5.17.